The van der Waals surface area contributed by atoms with E-state index in [9.17, 15) is 14.4 Å². The molecule has 0 unspecified atom stereocenters. The summed E-state index contributed by atoms with van der Waals surface area (Å²) in [5, 5.41) is 13.3. The van der Waals surface area contributed by atoms with Gasteiger partial charge in [-0.2, -0.15) is 0 Å². The van der Waals surface area contributed by atoms with Gasteiger partial charge in [0.25, 0.3) is 0 Å². The Morgan fingerprint density at radius 2 is 1.80 bits per heavy atom. The van der Waals surface area contributed by atoms with Gasteiger partial charge in [0.1, 0.15) is 17.2 Å². The second-order valence-electron chi connectivity index (χ2n) is 8.69. The van der Waals surface area contributed by atoms with E-state index in [0.29, 0.717) is 16.7 Å². The second-order valence-corrected chi connectivity index (χ2v) is 8.69. The standard InChI is InChI=1S/C23H27NO6/c1-7-17(21(26)27)24-18(25)9-14-11(2)13-8-15-16(23(4,5)6)10-29-19(15)12(3)20(13)30-22(14)28/h8,10,17H,7,9H2,1-6H3,(H,24,25)(H,26,27)/t17-/m1/s1. The van der Waals surface area contributed by atoms with Crippen LogP contribution < -0.4 is 10.9 Å². The number of benzene rings is 1. The Hall–Kier alpha value is -3.09. The minimum Gasteiger partial charge on any atom is -0.480 e. The number of aliphatic carboxylic acids is 1. The lowest BCUT2D eigenvalue weighted by atomic mass is 9.86. The summed E-state index contributed by atoms with van der Waals surface area (Å²) >= 11 is 0. The predicted molar refractivity (Wildman–Crippen MR) is 114 cm³/mol. The summed E-state index contributed by atoms with van der Waals surface area (Å²) < 4.78 is 11.4. The Bertz CT molecular complexity index is 1210. The lowest BCUT2D eigenvalue weighted by molar-refractivity contribution is -0.141. The number of carbonyl (C=O) groups excluding carboxylic acids is 1. The van der Waals surface area contributed by atoms with E-state index in [-0.39, 0.29) is 23.8 Å². The van der Waals surface area contributed by atoms with Crippen LogP contribution in [-0.2, 0) is 21.4 Å². The van der Waals surface area contributed by atoms with E-state index < -0.39 is 23.5 Å². The molecule has 0 spiro atoms. The maximum absolute atomic E-state index is 12.6. The molecule has 0 saturated heterocycles. The smallest absolute Gasteiger partial charge is 0.340 e. The largest absolute Gasteiger partial charge is 0.480 e. The van der Waals surface area contributed by atoms with Crippen molar-refractivity contribution in [1.29, 1.82) is 0 Å². The molecule has 160 valence electrons. The number of furan rings is 1. The van der Waals surface area contributed by atoms with E-state index in [1.54, 1.807) is 20.1 Å². The fourth-order valence-electron chi connectivity index (χ4n) is 3.73. The van der Waals surface area contributed by atoms with Crippen LogP contribution in [0.1, 0.15) is 56.4 Å². The molecule has 0 bridgehead atoms. The minimum atomic E-state index is -1.11. The molecule has 0 fully saturated rings. The zero-order chi connectivity index (χ0) is 22.4. The molecule has 1 aromatic carbocycles. The van der Waals surface area contributed by atoms with Crippen molar-refractivity contribution in [3.05, 3.63) is 45.0 Å². The van der Waals surface area contributed by atoms with Gasteiger partial charge < -0.3 is 19.3 Å². The van der Waals surface area contributed by atoms with E-state index >= 15 is 0 Å². The Morgan fingerprint density at radius 3 is 2.37 bits per heavy atom. The molecule has 1 amide bonds. The highest BCUT2D eigenvalue weighted by atomic mass is 16.4. The maximum atomic E-state index is 12.6. The van der Waals surface area contributed by atoms with Crippen molar-refractivity contribution < 1.29 is 23.5 Å². The second kappa shape index (κ2) is 7.63. The van der Waals surface area contributed by atoms with E-state index in [1.165, 1.54) is 0 Å². The summed E-state index contributed by atoms with van der Waals surface area (Å²) in [6.45, 7) is 11.6. The molecule has 2 heterocycles. The highest BCUT2D eigenvalue weighted by Crippen LogP contribution is 2.37. The van der Waals surface area contributed by atoms with E-state index in [2.05, 4.69) is 26.1 Å². The van der Waals surface area contributed by atoms with Crippen LogP contribution in [0.2, 0.25) is 0 Å². The molecule has 7 heteroatoms. The van der Waals surface area contributed by atoms with Crippen molar-refractivity contribution in [1.82, 2.24) is 5.32 Å². The first-order chi connectivity index (χ1) is 14.0. The zero-order valence-electron chi connectivity index (χ0n) is 18.1. The van der Waals surface area contributed by atoms with Gasteiger partial charge in [-0.1, -0.05) is 27.7 Å². The zero-order valence-corrected chi connectivity index (χ0v) is 18.1. The Balaban J connectivity index is 2.13. The number of hydrogen-bond acceptors (Lipinski definition) is 5. The molecular formula is C23H27NO6. The fraction of sp³-hybridized carbons (Fsp3) is 0.435. The lowest BCUT2D eigenvalue weighted by Gasteiger charge is -2.17. The lowest BCUT2D eigenvalue weighted by Crippen LogP contribution is -2.41. The van der Waals surface area contributed by atoms with Gasteiger partial charge in [0.2, 0.25) is 5.91 Å². The first-order valence-corrected chi connectivity index (χ1v) is 9.95. The molecule has 3 rings (SSSR count). The number of carboxylic acid groups (broad SMARTS) is 1. The molecule has 30 heavy (non-hydrogen) atoms. The first-order valence-electron chi connectivity index (χ1n) is 9.95. The third-order valence-corrected chi connectivity index (χ3v) is 5.53. The van der Waals surface area contributed by atoms with Crippen LogP contribution in [0.15, 0.2) is 26.0 Å². The van der Waals surface area contributed by atoms with E-state index in [0.717, 1.165) is 21.9 Å². The van der Waals surface area contributed by atoms with E-state index in [1.807, 2.05) is 13.0 Å². The van der Waals surface area contributed by atoms with Crippen molar-refractivity contribution in [2.45, 2.75) is 65.8 Å². The number of rotatable bonds is 5. The molecule has 0 aliphatic heterocycles. The van der Waals surface area contributed by atoms with Crippen LogP contribution in [0.3, 0.4) is 0 Å². The highest BCUT2D eigenvalue weighted by Gasteiger charge is 2.25. The molecule has 2 N–H and O–H groups in total. The van der Waals surface area contributed by atoms with Crippen LogP contribution in [0, 0.1) is 13.8 Å². The minimum absolute atomic E-state index is 0.135. The van der Waals surface area contributed by atoms with Crippen molar-refractivity contribution >= 4 is 33.8 Å². The average Bonchev–Trinajstić information content (AvgIpc) is 3.09. The molecule has 0 saturated carbocycles. The Morgan fingerprint density at radius 1 is 1.13 bits per heavy atom. The molecule has 0 aliphatic rings. The molecule has 7 nitrogen and oxygen atoms in total. The molecule has 2 aromatic heterocycles. The SMILES string of the molecule is CC[C@@H](NC(=O)Cc1c(C)c2cc3c(C(C)(C)C)coc3c(C)c2oc1=O)C(=O)O. The van der Waals surface area contributed by atoms with Crippen LogP contribution in [0.4, 0.5) is 0 Å². The Labute approximate surface area is 174 Å². The van der Waals surface area contributed by atoms with Crippen LogP contribution in [0.5, 0.6) is 0 Å². The van der Waals surface area contributed by atoms with Gasteiger partial charge in [0, 0.05) is 21.9 Å². The van der Waals surface area contributed by atoms with Crippen molar-refractivity contribution in [2.24, 2.45) is 0 Å². The predicted octanol–water partition coefficient (Wildman–Crippen LogP) is 3.98. The van der Waals surface area contributed by atoms with Gasteiger partial charge in [-0.15, -0.1) is 0 Å². The summed E-state index contributed by atoms with van der Waals surface area (Å²) in [6, 6.07) is 0.945. The Kier molecular flexibility index (Phi) is 5.50. The summed E-state index contributed by atoms with van der Waals surface area (Å²) in [4.78, 5) is 36.2. The monoisotopic (exact) mass is 413 g/mol. The van der Waals surface area contributed by atoms with Gasteiger partial charge in [-0.25, -0.2) is 9.59 Å². The van der Waals surface area contributed by atoms with Crippen molar-refractivity contribution in [2.75, 3.05) is 0 Å². The molecular weight excluding hydrogens is 386 g/mol. The average molecular weight is 413 g/mol. The summed E-state index contributed by atoms with van der Waals surface area (Å²) in [5.74, 6) is -1.64. The molecule has 0 radical (unpaired) electrons. The van der Waals surface area contributed by atoms with Gasteiger partial charge in [0.05, 0.1) is 18.2 Å². The number of carbonyl (C=O) groups is 2. The number of amides is 1. The van der Waals surface area contributed by atoms with Crippen molar-refractivity contribution in [3.63, 3.8) is 0 Å². The van der Waals surface area contributed by atoms with Crippen molar-refractivity contribution in [3.8, 4) is 0 Å². The fourth-order valence-corrected chi connectivity index (χ4v) is 3.73. The summed E-state index contributed by atoms with van der Waals surface area (Å²) in [7, 11) is 0. The van der Waals surface area contributed by atoms with Crippen LogP contribution in [0.25, 0.3) is 21.9 Å². The van der Waals surface area contributed by atoms with Crippen LogP contribution >= 0.6 is 0 Å². The first kappa shape index (κ1) is 21.6. The van der Waals surface area contributed by atoms with E-state index in [4.69, 9.17) is 13.9 Å². The highest BCUT2D eigenvalue weighted by molar-refractivity contribution is 6.00. The number of aryl methyl sites for hydroxylation is 2. The number of nitrogens with one attached hydrogen (secondary N) is 1. The topological polar surface area (TPSA) is 110 Å². The maximum Gasteiger partial charge on any atom is 0.340 e. The van der Waals surface area contributed by atoms with Gasteiger partial charge in [-0.05, 0) is 37.3 Å². The molecule has 0 aliphatic carbocycles. The molecule has 3 aromatic rings. The third-order valence-electron chi connectivity index (χ3n) is 5.53. The number of fused-ring (bicyclic) bond motifs is 2. The number of carboxylic acids is 1. The quantitative estimate of drug-likeness (QED) is 0.613. The summed E-state index contributed by atoms with van der Waals surface area (Å²) in [6.07, 6.45) is 1.73. The number of hydrogen-bond donors (Lipinski definition) is 2. The summed E-state index contributed by atoms with van der Waals surface area (Å²) in [5.41, 5.74) is 3.00. The van der Waals surface area contributed by atoms with Gasteiger partial charge in [0.15, 0.2) is 0 Å². The normalized spacial score (nSPS) is 13.0. The van der Waals surface area contributed by atoms with Gasteiger partial charge >= 0.3 is 11.6 Å². The molecule has 1 atom stereocenters. The van der Waals surface area contributed by atoms with Gasteiger partial charge in [-0.3, -0.25) is 4.79 Å². The van der Waals surface area contributed by atoms with Crippen LogP contribution in [-0.4, -0.2) is 23.0 Å². The third kappa shape index (κ3) is 3.72.